The molecule has 32 heavy (non-hydrogen) atoms. The average Bonchev–Trinajstić information content (AvgIpc) is 3.46. The Morgan fingerprint density at radius 2 is 1.88 bits per heavy atom. The summed E-state index contributed by atoms with van der Waals surface area (Å²) in [7, 11) is 0. The van der Waals surface area contributed by atoms with Gasteiger partial charge < -0.3 is 5.73 Å². The molecule has 1 saturated carbocycles. The van der Waals surface area contributed by atoms with E-state index in [2.05, 4.69) is 43.1 Å². The van der Waals surface area contributed by atoms with E-state index in [1.54, 1.807) is 4.90 Å². The Labute approximate surface area is 190 Å². The number of carbonyl (C=O) groups excluding carboxylic acids is 2. The second kappa shape index (κ2) is 8.89. The van der Waals surface area contributed by atoms with Gasteiger partial charge in [-0.15, -0.1) is 0 Å². The summed E-state index contributed by atoms with van der Waals surface area (Å²) in [6.45, 7) is 6.40. The molecule has 0 bridgehead atoms. The topological polar surface area (TPSA) is 75.8 Å². The fourth-order valence-corrected chi connectivity index (χ4v) is 5.03. The normalized spacial score (nSPS) is 24.7. The number of carbonyl (C=O) groups is 2. The third-order valence-corrected chi connectivity index (χ3v) is 6.52. The van der Waals surface area contributed by atoms with Crippen LogP contribution in [0.15, 0.2) is 59.6 Å². The predicted molar refractivity (Wildman–Crippen MR) is 127 cm³/mol. The van der Waals surface area contributed by atoms with Crippen molar-refractivity contribution in [1.29, 1.82) is 0 Å². The second-order valence-corrected chi connectivity index (χ2v) is 9.99. The maximum Gasteiger partial charge on any atom is 0.257 e. The molecular weight excluding hydrogens is 398 g/mol. The van der Waals surface area contributed by atoms with E-state index >= 15 is 0 Å². The number of nitrogens with zero attached hydrogens (tertiary/aromatic N) is 2. The lowest BCUT2D eigenvalue weighted by Gasteiger charge is -2.23. The van der Waals surface area contributed by atoms with Crippen LogP contribution in [0.4, 0.5) is 0 Å². The van der Waals surface area contributed by atoms with Gasteiger partial charge >= 0.3 is 0 Å². The first-order valence-electron chi connectivity index (χ1n) is 11.6. The molecular formula is C27H33N3O2. The molecule has 5 heteroatoms. The van der Waals surface area contributed by atoms with Gasteiger partial charge in [0.25, 0.3) is 5.91 Å². The number of guanidine groups is 1. The van der Waals surface area contributed by atoms with Gasteiger partial charge in [0, 0.05) is 12.8 Å². The summed E-state index contributed by atoms with van der Waals surface area (Å²) in [5.41, 5.74) is 8.61. The number of hydrogen-bond acceptors (Lipinski definition) is 4. The minimum absolute atomic E-state index is 0.0501. The summed E-state index contributed by atoms with van der Waals surface area (Å²) in [6, 6.07) is 18.4. The minimum Gasteiger partial charge on any atom is -0.369 e. The van der Waals surface area contributed by atoms with Gasteiger partial charge in [-0.25, -0.2) is 4.99 Å². The number of ketones is 1. The molecule has 0 saturated heterocycles. The van der Waals surface area contributed by atoms with Crippen molar-refractivity contribution >= 4 is 17.6 Å². The van der Waals surface area contributed by atoms with E-state index in [0.29, 0.717) is 43.6 Å². The summed E-state index contributed by atoms with van der Waals surface area (Å²) in [4.78, 5) is 31.7. The molecule has 168 valence electrons. The summed E-state index contributed by atoms with van der Waals surface area (Å²) >= 11 is 0. The van der Waals surface area contributed by atoms with Crippen LogP contribution < -0.4 is 5.73 Å². The Kier molecular flexibility index (Phi) is 6.18. The smallest absolute Gasteiger partial charge is 0.257 e. The van der Waals surface area contributed by atoms with Gasteiger partial charge in [0.15, 0.2) is 5.96 Å². The van der Waals surface area contributed by atoms with Crippen molar-refractivity contribution < 1.29 is 9.59 Å². The highest BCUT2D eigenvalue weighted by Gasteiger charge is 2.44. The van der Waals surface area contributed by atoms with E-state index in [1.165, 1.54) is 5.56 Å². The molecule has 1 amide bonds. The van der Waals surface area contributed by atoms with Gasteiger partial charge in [-0.05, 0) is 54.2 Å². The average molecular weight is 432 g/mol. The fourth-order valence-electron chi connectivity index (χ4n) is 5.03. The van der Waals surface area contributed by atoms with E-state index < -0.39 is 5.54 Å². The SMILES string of the molecule is CC(C)CC1(C)N=C(N)N(Cc2cccc(CC(=O)C[C@@H]3C[C@H]3c3ccccc3)c2)C1=O. The van der Waals surface area contributed by atoms with Gasteiger partial charge in [0.1, 0.15) is 11.3 Å². The Morgan fingerprint density at radius 3 is 2.59 bits per heavy atom. The van der Waals surface area contributed by atoms with Gasteiger partial charge in [0.05, 0.1) is 6.54 Å². The van der Waals surface area contributed by atoms with Crippen LogP contribution in [-0.4, -0.2) is 28.1 Å². The van der Waals surface area contributed by atoms with Gasteiger partial charge in [-0.3, -0.25) is 14.5 Å². The van der Waals surface area contributed by atoms with Crippen molar-refractivity contribution in [2.75, 3.05) is 0 Å². The Bertz CT molecular complexity index is 1030. The zero-order valence-electron chi connectivity index (χ0n) is 19.3. The monoisotopic (exact) mass is 431 g/mol. The fraction of sp³-hybridized carbons (Fsp3) is 0.444. The molecule has 0 spiro atoms. The Morgan fingerprint density at radius 1 is 1.16 bits per heavy atom. The molecule has 5 nitrogen and oxygen atoms in total. The van der Waals surface area contributed by atoms with Crippen molar-refractivity contribution in [2.45, 2.75) is 64.5 Å². The van der Waals surface area contributed by atoms with E-state index in [0.717, 1.165) is 17.5 Å². The molecule has 4 rings (SSSR count). The quantitative estimate of drug-likeness (QED) is 0.637. The number of amides is 1. The van der Waals surface area contributed by atoms with E-state index in [9.17, 15) is 9.59 Å². The van der Waals surface area contributed by atoms with E-state index in [4.69, 9.17) is 5.73 Å². The van der Waals surface area contributed by atoms with Crippen LogP contribution in [0, 0.1) is 11.8 Å². The first-order valence-corrected chi connectivity index (χ1v) is 11.6. The third kappa shape index (κ3) is 4.93. The molecule has 2 N–H and O–H groups in total. The summed E-state index contributed by atoms with van der Waals surface area (Å²) < 4.78 is 0. The van der Waals surface area contributed by atoms with Crippen molar-refractivity contribution in [3.8, 4) is 0 Å². The highest BCUT2D eigenvalue weighted by atomic mass is 16.2. The number of benzene rings is 2. The molecule has 1 fully saturated rings. The largest absolute Gasteiger partial charge is 0.369 e. The first kappa shape index (κ1) is 22.3. The van der Waals surface area contributed by atoms with Crippen molar-refractivity contribution in [3.63, 3.8) is 0 Å². The Hall–Kier alpha value is -2.95. The van der Waals surface area contributed by atoms with Crippen LogP contribution in [0.25, 0.3) is 0 Å². The second-order valence-electron chi connectivity index (χ2n) is 9.99. The van der Waals surface area contributed by atoms with Gasteiger partial charge in [0.2, 0.25) is 0 Å². The van der Waals surface area contributed by atoms with Crippen LogP contribution in [0.3, 0.4) is 0 Å². The zero-order valence-corrected chi connectivity index (χ0v) is 19.3. The van der Waals surface area contributed by atoms with Crippen molar-refractivity contribution in [3.05, 3.63) is 71.3 Å². The summed E-state index contributed by atoms with van der Waals surface area (Å²) in [5.74, 6) is 1.84. The minimum atomic E-state index is -0.786. The molecule has 2 aliphatic rings. The van der Waals surface area contributed by atoms with Crippen LogP contribution in [-0.2, 0) is 22.6 Å². The lowest BCUT2D eigenvalue weighted by molar-refractivity contribution is -0.131. The lowest BCUT2D eigenvalue weighted by atomic mass is 9.91. The van der Waals surface area contributed by atoms with Gasteiger partial charge in [-0.2, -0.15) is 0 Å². The lowest BCUT2D eigenvalue weighted by Crippen LogP contribution is -2.43. The van der Waals surface area contributed by atoms with Crippen LogP contribution in [0.2, 0.25) is 0 Å². The molecule has 1 aliphatic carbocycles. The number of Topliss-reactive ketones (excluding diaryl/α,β-unsaturated/α-hetero) is 1. The Balaban J connectivity index is 1.34. The van der Waals surface area contributed by atoms with Crippen LogP contribution >= 0.6 is 0 Å². The molecule has 0 aromatic heterocycles. The number of rotatable bonds is 9. The molecule has 1 unspecified atom stereocenters. The van der Waals surface area contributed by atoms with Crippen molar-refractivity contribution in [2.24, 2.45) is 22.6 Å². The third-order valence-electron chi connectivity index (χ3n) is 6.52. The highest BCUT2D eigenvalue weighted by Crippen LogP contribution is 2.49. The summed E-state index contributed by atoms with van der Waals surface area (Å²) in [6.07, 6.45) is 2.82. The van der Waals surface area contributed by atoms with Crippen LogP contribution in [0.1, 0.15) is 62.6 Å². The van der Waals surface area contributed by atoms with E-state index in [-0.39, 0.29) is 17.6 Å². The van der Waals surface area contributed by atoms with E-state index in [1.807, 2.05) is 37.3 Å². The van der Waals surface area contributed by atoms with Gasteiger partial charge in [-0.1, -0.05) is 68.4 Å². The molecule has 3 atom stereocenters. The number of aliphatic imine (C=N–C) groups is 1. The zero-order chi connectivity index (χ0) is 22.9. The summed E-state index contributed by atoms with van der Waals surface area (Å²) in [5, 5.41) is 0. The maximum absolute atomic E-state index is 13.0. The number of nitrogens with two attached hydrogens (primary N) is 1. The highest BCUT2D eigenvalue weighted by molar-refractivity contribution is 6.06. The molecule has 2 aromatic rings. The first-order chi connectivity index (χ1) is 15.2. The standard InChI is InChI=1S/C27H33N3O2/c1-18(2)16-27(3)25(32)30(26(28)29-27)17-20-9-7-8-19(12-20)13-23(31)14-22-15-24(22)21-10-5-4-6-11-21/h4-12,18,22,24H,13-17H2,1-3H3,(H2,28,29)/t22-,24+,27?/m1/s1. The predicted octanol–water partition coefficient (Wildman–Crippen LogP) is 4.45. The molecule has 1 aliphatic heterocycles. The maximum atomic E-state index is 13.0. The molecule has 2 aromatic carbocycles. The molecule has 1 heterocycles. The van der Waals surface area contributed by atoms with Crippen LogP contribution in [0.5, 0.6) is 0 Å². The number of hydrogen-bond donors (Lipinski definition) is 1. The van der Waals surface area contributed by atoms with Crippen molar-refractivity contribution in [1.82, 2.24) is 4.90 Å². The molecule has 0 radical (unpaired) electrons.